The number of oxazole rings is 1. The van der Waals surface area contributed by atoms with E-state index in [1.54, 1.807) is 27.7 Å². The molecule has 1 aliphatic heterocycles. The molecule has 1 aromatic carbocycles. The van der Waals surface area contributed by atoms with Crippen molar-refractivity contribution >= 4 is 26.7 Å². The average Bonchev–Trinajstić information content (AvgIpc) is 3.14. The molecule has 0 aliphatic carbocycles. The minimum atomic E-state index is -3.50. The maximum absolute atomic E-state index is 12.8. The quantitative estimate of drug-likeness (QED) is 0.606. The highest BCUT2D eigenvalue weighted by Crippen LogP contribution is 2.35. The number of sulfone groups is 1. The third-order valence-corrected chi connectivity index (χ3v) is 8.21. The van der Waals surface area contributed by atoms with Crippen molar-refractivity contribution in [1.29, 1.82) is 5.41 Å². The molecule has 0 spiro atoms. The summed E-state index contributed by atoms with van der Waals surface area (Å²) < 4.78 is 30.0. The number of benzene rings is 1. The SMILES string of the molecule is Cc1nc(C)c(-c2nc3cc(C4(C)CS(=O)(=O)C(C)(C)C(=N)N4)ccc3[nH]2)o1. The Kier molecular flexibility index (Phi) is 3.78. The molecule has 3 heterocycles. The summed E-state index contributed by atoms with van der Waals surface area (Å²) in [6.07, 6.45) is 0. The first-order valence-electron chi connectivity index (χ1n) is 8.97. The molecular weight excluding hydrogens is 378 g/mol. The van der Waals surface area contributed by atoms with E-state index in [0.717, 1.165) is 16.8 Å². The van der Waals surface area contributed by atoms with Crippen molar-refractivity contribution in [1.82, 2.24) is 20.3 Å². The van der Waals surface area contributed by atoms with Crippen molar-refractivity contribution in [3.8, 4) is 11.6 Å². The number of nitrogens with zero attached hydrogens (tertiary/aromatic N) is 2. The van der Waals surface area contributed by atoms with Gasteiger partial charge in [-0.15, -0.1) is 0 Å². The van der Waals surface area contributed by atoms with Gasteiger partial charge in [0, 0.05) is 6.92 Å². The molecule has 2 aromatic heterocycles. The molecule has 148 valence electrons. The van der Waals surface area contributed by atoms with Crippen LogP contribution in [0.25, 0.3) is 22.6 Å². The average molecular weight is 401 g/mol. The van der Waals surface area contributed by atoms with Gasteiger partial charge in [-0.3, -0.25) is 5.41 Å². The number of nitrogens with one attached hydrogen (secondary N) is 3. The van der Waals surface area contributed by atoms with Gasteiger partial charge in [-0.2, -0.15) is 0 Å². The minimum Gasteiger partial charge on any atom is -0.437 e. The highest BCUT2D eigenvalue weighted by molar-refractivity contribution is 7.93. The fraction of sp³-hybridized carbons (Fsp3) is 0.421. The van der Waals surface area contributed by atoms with Crippen molar-refractivity contribution in [2.24, 2.45) is 0 Å². The van der Waals surface area contributed by atoms with E-state index < -0.39 is 20.1 Å². The lowest BCUT2D eigenvalue weighted by Gasteiger charge is -2.43. The van der Waals surface area contributed by atoms with Crippen LogP contribution in [0.4, 0.5) is 0 Å². The Morgan fingerprint density at radius 1 is 1.18 bits per heavy atom. The molecule has 1 aliphatic rings. The zero-order valence-electron chi connectivity index (χ0n) is 16.5. The van der Waals surface area contributed by atoms with Gasteiger partial charge in [-0.1, -0.05) is 6.07 Å². The molecule has 0 bridgehead atoms. The Hall–Kier alpha value is -2.68. The Labute approximate surface area is 163 Å². The van der Waals surface area contributed by atoms with E-state index in [1.165, 1.54) is 0 Å². The standard InChI is InChI=1S/C19H23N5O3S/c1-10-15(27-11(2)21-10)16-22-13-7-6-12(8-14(13)23-16)19(5)9-28(25,26)18(3,4)17(20)24-19/h6-8H,9H2,1-5H3,(H2,20,24)(H,22,23). The lowest BCUT2D eigenvalue weighted by molar-refractivity contribution is 0.443. The van der Waals surface area contributed by atoms with Gasteiger partial charge in [0.15, 0.2) is 27.3 Å². The van der Waals surface area contributed by atoms with Crippen LogP contribution in [0, 0.1) is 19.3 Å². The number of fused-ring (bicyclic) bond motifs is 1. The number of H-pyrrole nitrogens is 1. The molecule has 8 nitrogen and oxygen atoms in total. The molecule has 1 saturated heterocycles. The highest BCUT2D eigenvalue weighted by Gasteiger charge is 2.50. The molecule has 28 heavy (non-hydrogen) atoms. The van der Waals surface area contributed by atoms with E-state index in [1.807, 2.05) is 25.1 Å². The fourth-order valence-corrected chi connectivity index (χ4v) is 5.26. The Morgan fingerprint density at radius 3 is 2.50 bits per heavy atom. The highest BCUT2D eigenvalue weighted by atomic mass is 32.2. The van der Waals surface area contributed by atoms with Crippen LogP contribution in [0.15, 0.2) is 22.6 Å². The van der Waals surface area contributed by atoms with Gasteiger partial charge in [-0.05, 0) is 45.4 Å². The third-order valence-electron chi connectivity index (χ3n) is 5.50. The van der Waals surface area contributed by atoms with Gasteiger partial charge in [0.25, 0.3) is 0 Å². The molecule has 0 amide bonds. The number of amidine groups is 1. The van der Waals surface area contributed by atoms with E-state index in [0.29, 0.717) is 23.0 Å². The molecule has 0 radical (unpaired) electrons. The van der Waals surface area contributed by atoms with Crippen LogP contribution in [0.2, 0.25) is 0 Å². The van der Waals surface area contributed by atoms with Gasteiger partial charge in [0.1, 0.15) is 10.6 Å². The van der Waals surface area contributed by atoms with E-state index >= 15 is 0 Å². The van der Waals surface area contributed by atoms with E-state index in [9.17, 15) is 8.42 Å². The molecule has 4 rings (SSSR count). The van der Waals surface area contributed by atoms with Gasteiger partial charge in [-0.25, -0.2) is 18.4 Å². The lowest BCUT2D eigenvalue weighted by atomic mass is 9.92. The second-order valence-electron chi connectivity index (χ2n) is 8.07. The zero-order chi connectivity index (χ0) is 20.5. The summed E-state index contributed by atoms with van der Waals surface area (Å²) in [5, 5.41) is 11.3. The molecule has 0 saturated carbocycles. The molecule has 3 aromatic rings. The van der Waals surface area contributed by atoms with E-state index in [2.05, 4.69) is 20.3 Å². The molecular formula is C19H23N5O3S. The largest absolute Gasteiger partial charge is 0.437 e. The number of aromatic nitrogens is 3. The summed E-state index contributed by atoms with van der Waals surface area (Å²) >= 11 is 0. The van der Waals surface area contributed by atoms with Crippen molar-refractivity contribution in [3.63, 3.8) is 0 Å². The fourth-order valence-electron chi connectivity index (χ4n) is 3.54. The summed E-state index contributed by atoms with van der Waals surface area (Å²) in [5.41, 5.74) is 2.10. The van der Waals surface area contributed by atoms with Gasteiger partial charge in [0.05, 0.1) is 28.0 Å². The first-order valence-corrected chi connectivity index (χ1v) is 10.6. The predicted octanol–water partition coefficient (Wildman–Crippen LogP) is 2.82. The maximum Gasteiger partial charge on any atom is 0.192 e. The second-order valence-corrected chi connectivity index (χ2v) is 10.6. The maximum atomic E-state index is 12.8. The number of rotatable bonds is 2. The number of hydrogen-bond donors (Lipinski definition) is 3. The summed E-state index contributed by atoms with van der Waals surface area (Å²) in [4.78, 5) is 12.1. The van der Waals surface area contributed by atoms with Crippen LogP contribution in [0.1, 0.15) is 37.9 Å². The zero-order valence-corrected chi connectivity index (χ0v) is 17.3. The second kappa shape index (κ2) is 5.66. The number of aromatic amines is 1. The number of aryl methyl sites for hydroxylation is 2. The normalized spacial score (nSPS) is 23.7. The molecule has 1 unspecified atom stereocenters. The van der Waals surface area contributed by atoms with Crippen molar-refractivity contribution in [3.05, 3.63) is 35.3 Å². The van der Waals surface area contributed by atoms with Gasteiger partial charge in [0.2, 0.25) is 0 Å². The van der Waals surface area contributed by atoms with Crippen LogP contribution in [-0.4, -0.2) is 39.7 Å². The topological polar surface area (TPSA) is 125 Å². The van der Waals surface area contributed by atoms with Crippen molar-refractivity contribution in [2.75, 3.05) is 5.75 Å². The molecule has 3 N–H and O–H groups in total. The Morgan fingerprint density at radius 2 is 1.89 bits per heavy atom. The van der Waals surface area contributed by atoms with Crippen LogP contribution in [0.3, 0.4) is 0 Å². The van der Waals surface area contributed by atoms with Crippen molar-refractivity contribution in [2.45, 2.75) is 44.9 Å². The summed E-state index contributed by atoms with van der Waals surface area (Å²) in [5.74, 6) is 1.63. The summed E-state index contributed by atoms with van der Waals surface area (Å²) in [6, 6.07) is 5.57. The Bertz CT molecular complexity index is 1220. The molecule has 9 heteroatoms. The number of hydrogen-bond acceptors (Lipinski definition) is 6. The summed E-state index contributed by atoms with van der Waals surface area (Å²) in [7, 11) is -3.50. The number of imidazole rings is 1. The summed E-state index contributed by atoms with van der Waals surface area (Å²) in [6.45, 7) is 8.55. The van der Waals surface area contributed by atoms with E-state index in [-0.39, 0.29) is 11.6 Å². The first kappa shape index (κ1) is 18.7. The monoisotopic (exact) mass is 401 g/mol. The Balaban J connectivity index is 1.78. The lowest BCUT2D eigenvalue weighted by Crippen LogP contribution is -2.63. The van der Waals surface area contributed by atoms with Crippen LogP contribution in [0.5, 0.6) is 0 Å². The first-order chi connectivity index (χ1) is 12.9. The smallest absolute Gasteiger partial charge is 0.192 e. The van der Waals surface area contributed by atoms with Gasteiger partial charge < -0.3 is 14.7 Å². The minimum absolute atomic E-state index is 0.00294. The van der Waals surface area contributed by atoms with Crippen LogP contribution < -0.4 is 5.32 Å². The van der Waals surface area contributed by atoms with Gasteiger partial charge >= 0.3 is 0 Å². The third kappa shape index (κ3) is 2.64. The van der Waals surface area contributed by atoms with Crippen LogP contribution >= 0.6 is 0 Å². The predicted molar refractivity (Wildman–Crippen MR) is 107 cm³/mol. The molecule has 1 atom stereocenters. The molecule has 1 fully saturated rings. The van der Waals surface area contributed by atoms with Crippen molar-refractivity contribution < 1.29 is 12.8 Å². The van der Waals surface area contributed by atoms with E-state index in [4.69, 9.17) is 9.83 Å². The van der Waals surface area contributed by atoms with Crippen LogP contribution in [-0.2, 0) is 15.4 Å².